The maximum absolute atomic E-state index is 12.2. The Morgan fingerprint density at radius 3 is 2.62 bits per heavy atom. The molecule has 0 fully saturated rings. The van der Waals surface area contributed by atoms with Gasteiger partial charge in [-0.15, -0.1) is 0 Å². The summed E-state index contributed by atoms with van der Waals surface area (Å²) in [7, 11) is 0. The molecule has 0 aliphatic carbocycles. The van der Waals surface area contributed by atoms with E-state index in [2.05, 4.69) is 5.32 Å². The third kappa shape index (κ3) is 4.25. The van der Waals surface area contributed by atoms with Crippen molar-refractivity contribution in [3.05, 3.63) is 58.6 Å². The van der Waals surface area contributed by atoms with Gasteiger partial charge >= 0.3 is 0 Å². The highest BCUT2D eigenvalue weighted by Crippen LogP contribution is 2.31. The molecule has 0 aliphatic heterocycles. The number of amides is 1. The fraction of sp³-hybridized carbons (Fsp3) is 0.222. The molecule has 0 unspecified atom stereocenters. The molecular formula is C18H17ClN2O3. The molecule has 0 radical (unpaired) electrons. The molecule has 0 atom stereocenters. The first-order valence-corrected chi connectivity index (χ1v) is 7.64. The lowest BCUT2D eigenvalue weighted by atomic mass is 10.1. The van der Waals surface area contributed by atoms with E-state index in [1.807, 2.05) is 6.07 Å². The molecular weight excluding hydrogens is 328 g/mol. The number of nitrogens with one attached hydrogen (secondary N) is 1. The smallest absolute Gasteiger partial charge is 0.251 e. The Bertz CT molecular complexity index is 797. The largest absolute Gasteiger partial charge is 0.454 e. The van der Waals surface area contributed by atoms with Gasteiger partial charge in [-0.1, -0.05) is 23.7 Å². The number of ether oxygens (including phenoxy) is 1. The first kappa shape index (κ1) is 17.8. The average molecular weight is 345 g/mol. The lowest BCUT2D eigenvalue weighted by molar-refractivity contribution is 0.0869. The summed E-state index contributed by atoms with van der Waals surface area (Å²) in [4.78, 5) is 12.2. The molecule has 24 heavy (non-hydrogen) atoms. The Labute approximate surface area is 145 Å². The zero-order valence-corrected chi connectivity index (χ0v) is 14.1. The number of rotatable bonds is 5. The highest BCUT2D eigenvalue weighted by molar-refractivity contribution is 6.32. The van der Waals surface area contributed by atoms with E-state index in [1.54, 1.807) is 50.2 Å². The lowest BCUT2D eigenvalue weighted by Gasteiger charge is -2.23. The van der Waals surface area contributed by atoms with Gasteiger partial charge in [-0.2, -0.15) is 5.26 Å². The van der Waals surface area contributed by atoms with Crippen LogP contribution in [0.25, 0.3) is 0 Å². The highest BCUT2D eigenvalue weighted by atomic mass is 35.5. The van der Waals surface area contributed by atoms with Crippen LogP contribution in [0.1, 0.15) is 29.8 Å². The van der Waals surface area contributed by atoms with Crippen molar-refractivity contribution in [1.82, 2.24) is 5.32 Å². The molecule has 0 aromatic heterocycles. The van der Waals surface area contributed by atoms with Gasteiger partial charge in [0.15, 0.2) is 0 Å². The molecule has 0 saturated carbocycles. The monoisotopic (exact) mass is 344 g/mol. The Kier molecular flexibility index (Phi) is 5.45. The summed E-state index contributed by atoms with van der Waals surface area (Å²) in [6, 6.07) is 13.5. The fourth-order valence-corrected chi connectivity index (χ4v) is 2.13. The van der Waals surface area contributed by atoms with Gasteiger partial charge in [0.25, 0.3) is 5.91 Å². The van der Waals surface area contributed by atoms with Crippen LogP contribution in [-0.4, -0.2) is 23.2 Å². The molecule has 5 nitrogen and oxygen atoms in total. The zero-order chi connectivity index (χ0) is 17.7. The fourth-order valence-electron chi connectivity index (χ4n) is 1.91. The second-order valence-electron chi connectivity index (χ2n) is 5.85. The summed E-state index contributed by atoms with van der Waals surface area (Å²) in [6.45, 7) is 3.24. The van der Waals surface area contributed by atoms with Crippen LogP contribution in [0.4, 0.5) is 0 Å². The lowest BCUT2D eigenvalue weighted by Crippen LogP contribution is -2.46. The third-order valence-corrected chi connectivity index (χ3v) is 3.56. The van der Waals surface area contributed by atoms with Gasteiger partial charge in [-0.25, -0.2) is 0 Å². The van der Waals surface area contributed by atoms with Crippen molar-refractivity contribution in [3.63, 3.8) is 0 Å². The number of aliphatic hydroxyl groups is 1. The Balaban J connectivity index is 2.21. The van der Waals surface area contributed by atoms with Gasteiger partial charge in [-0.05, 0) is 44.2 Å². The van der Waals surface area contributed by atoms with Gasteiger partial charge in [0.2, 0.25) is 0 Å². The number of halogens is 1. The summed E-state index contributed by atoms with van der Waals surface area (Å²) < 4.78 is 5.66. The second-order valence-corrected chi connectivity index (χ2v) is 6.26. The summed E-state index contributed by atoms with van der Waals surface area (Å²) in [6.07, 6.45) is 0. The van der Waals surface area contributed by atoms with Gasteiger partial charge in [0.05, 0.1) is 22.7 Å². The minimum atomic E-state index is -0.732. The van der Waals surface area contributed by atoms with Crippen molar-refractivity contribution in [3.8, 4) is 17.6 Å². The molecule has 0 aliphatic rings. The second kappa shape index (κ2) is 7.35. The summed E-state index contributed by atoms with van der Waals surface area (Å²) >= 11 is 6.19. The van der Waals surface area contributed by atoms with E-state index < -0.39 is 5.54 Å². The number of nitrogens with zero attached hydrogens (tertiary/aromatic N) is 1. The third-order valence-electron chi connectivity index (χ3n) is 3.27. The normalized spacial score (nSPS) is 10.8. The number of hydrogen-bond acceptors (Lipinski definition) is 4. The van der Waals surface area contributed by atoms with Gasteiger partial charge in [-0.3, -0.25) is 4.79 Å². The van der Waals surface area contributed by atoms with Gasteiger partial charge in [0, 0.05) is 5.56 Å². The molecule has 2 N–H and O–H groups in total. The van der Waals surface area contributed by atoms with Crippen LogP contribution in [-0.2, 0) is 0 Å². The quantitative estimate of drug-likeness (QED) is 0.869. The maximum atomic E-state index is 12.2. The average Bonchev–Trinajstić information content (AvgIpc) is 2.56. The van der Waals surface area contributed by atoms with E-state index in [0.717, 1.165) is 0 Å². The molecule has 0 bridgehead atoms. The number of nitriles is 1. The van der Waals surface area contributed by atoms with E-state index >= 15 is 0 Å². The van der Waals surface area contributed by atoms with Gasteiger partial charge < -0.3 is 15.2 Å². The standard InChI is InChI=1S/C18H17ClN2O3/c1-18(2,11-22)21-17(23)12-7-8-16(14(19)9-12)24-15-6-4-3-5-13(15)10-20/h3-9,22H,11H2,1-2H3,(H,21,23). The summed E-state index contributed by atoms with van der Waals surface area (Å²) in [5.74, 6) is 0.387. The maximum Gasteiger partial charge on any atom is 0.251 e. The van der Waals surface area contributed by atoms with Crippen molar-refractivity contribution in [2.75, 3.05) is 6.61 Å². The van der Waals surface area contributed by atoms with Crippen molar-refractivity contribution in [2.24, 2.45) is 0 Å². The summed E-state index contributed by atoms with van der Waals surface area (Å²) in [5, 5.41) is 21.2. The SMILES string of the molecule is CC(C)(CO)NC(=O)c1ccc(Oc2ccccc2C#N)c(Cl)c1. The predicted octanol–water partition coefficient (Wildman–Crippen LogP) is 3.50. The molecule has 0 heterocycles. The Morgan fingerprint density at radius 2 is 2.00 bits per heavy atom. The van der Waals surface area contributed by atoms with Gasteiger partial charge in [0.1, 0.15) is 17.6 Å². The van der Waals surface area contributed by atoms with E-state index in [1.165, 1.54) is 6.07 Å². The molecule has 0 spiro atoms. The summed E-state index contributed by atoms with van der Waals surface area (Å²) in [5.41, 5.74) is 0.00677. The predicted molar refractivity (Wildman–Crippen MR) is 91.3 cm³/mol. The molecule has 0 saturated heterocycles. The van der Waals surface area contributed by atoms with E-state index in [0.29, 0.717) is 22.6 Å². The number of carbonyl (C=O) groups excluding carboxylic acids is 1. The van der Waals surface area contributed by atoms with Crippen molar-refractivity contribution < 1.29 is 14.6 Å². The van der Waals surface area contributed by atoms with Crippen LogP contribution in [0.3, 0.4) is 0 Å². The zero-order valence-electron chi connectivity index (χ0n) is 13.3. The number of aliphatic hydroxyl groups excluding tert-OH is 1. The molecule has 2 rings (SSSR count). The van der Waals surface area contributed by atoms with Crippen molar-refractivity contribution >= 4 is 17.5 Å². The van der Waals surface area contributed by atoms with E-state index in [-0.39, 0.29) is 17.5 Å². The van der Waals surface area contributed by atoms with E-state index in [4.69, 9.17) is 21.6 Å². The topological polar surface area (TPSA) is 82.3 Å². The Hall–Kier alpha value is -2.55. The highest BCUT2D eigenvalue weighted by Gasteiger charge is 2.20. The number of para-hydroxylation sites is 1. The minimum Gasteiger partial charge on any atom is -0.454 e. The Morgan fingerprint density at radius 1 is 1.29 bits per heavy atom. The number of benzene rings is 2. The van der Waals surface area contributed by atoms with Crippen LogP contribution in [0.15, 0.2) is 42.5 Å². The van der Waals surface area contributed by atoms with Crippen LogP contribution in [0.2, 0.25) is 5.02 Å². The minimum absolute atomic E-state index is 0.182. The van der Waals surface area contributed by atoms with Crippen molar-refractivity contribution in [2.45, 2.75) is 19.4 Å². The first-order valence-electron chi connectivity index (χ1n) is 7.26. The molecule has 2 aromatic carbocycles. The van der Waals surface area contributed by atoms with Crippen LogP contribution < -0.4 is 10.1 Å². The molecule has 124 valence electrons. The first-order chi connectivity index (χ1) is 11.4. The molecule has 6 heteroatoms. The van der Waals surface area contributed by atoms with Crippen LogP contribution >= 0.6 is 11.6 Å². The number of hydrogen-bond donors (Lipinski definition) is 2. The van der Waals surface area contributed by atoms with Crippen molar-refractivity contribution in [1.29, 1.82) is 5.26 Å². The number of carbonyl (C=O) groups is 1. The van der Waals surface area contributed by atoms with E-state index in [9.17, 15) is 9.90 Å². The molecule has 2 aromatic rings. The molecule has 1 amide bonds. The van der Waals surface area contributed by atoms with Crippen LogP contribution in [0, 0.1) is 11.3 Å². The van der Waals surface area contributed by atoms with Crippen LogP contribution in [0.5, 0.6) is 11.5 Å².